The number of morpholine rings is 1. The Kier molecular flexibility index (Phi) is 3.12. The van der Waals surface area contributed by atoms with E-state index in [4.69, 9.17) is 4.74 Å². The number of aryl methyl sites for hydroxylation is 2. The fourth-order valence-electron chi connectivity index (χ4n) is 2.79. The number of fused-ring (bicyclic) bond motifs is 1. The molecule has 3 heteroatoms. The topological polar surface area (TPSA) is 21.3 Å². The fourth-order valence-corrected chi connectivity index (χ4v) is 2.79. The van der Waals surface area contributed by atoms with Crippen LogP contribution in [0.3, 0.4) is 0 Å². The van der Waals surface area contributed by atoms with E-state index >= 15 is 0 Å². The third-order valence-corrected chi connectivity index (χ3v) is 3.74. The highest BCUT2D eigenvalue weighted by molar-refractivity contribution is 5.36. The van der Waals surface area contributed by atoms with Gasteiger partial charge in [-0.15, -0.1) is 0 Å². The zero-order chi connectivity index (χ0) is 11.7. The first-order valence-electron chi connectivity index (χ1n) is 6.48. The molecule has 1 fully saturated rings. The lowest BCUT2D eigenvalue weighted by atomic mass is 9.89. The van der Waals surface area contributed by atoms with E-state index in [1.165, 1.54) is 24.0 Å². The molecule has 92 valence electrons. The van der Waals surface area contributed by atoms with Crippen LogP contribution in [0.5, 0.6) is 0 Å². The summed E-state index contributed by atoms with van der Waals surface area (Å²) in [4.78, 5) is 0. The minimum absolute atomic E-state index is 0.0978. The van der Waals surface area contributed by atoms with E-state index in [9.17, 15) is 4.39 Å². The lowest BCUT2D eigenvalue weighted by molar-refractivity contribution is 0.0254. The minimum atomic E-state index is -0.115. The summed E-state index contributed by atoms with van der Waals surface area (Å²) in [6.45, 7) is 2.25. The number of hydrogen-bond donors (Lipinski definition) is 1. The number of ether oxygens (including phenoxy) is 1. The highest BCUT2D eigenvalue weighted by atomic mass is 19.1. The molecule has 1 aromatic rings. The second-order valence-electron chi connectivity index (χ2n) is 4.91. The van der Waals surface area contributed by atoms with Gasteiger partial charge >= 0.3 is 0 Å². The molecule has 1 aliphatic heterocycles. The first-order chi connectivity index (χ1) is 8.34. The molecule has 1 heterocycles. The molecule has 0 radical (unpaired) electrons. The first kappa shape index (κ1) is 11.2. The standard InChI is InChI=1S/C14H18FNO/c15-13-8-11-4-2-1-3-10(11)7-12(13)14-9-16-5-6-17-14/h7-8,14,16H,1-6,9H2. The average Bonchev–Trinajstić information content (AvgIpc) is 2.39. The molecule has 1 aromatic carbocycles. The lowest BCUT2D eigenvalue weighted by Gasteiger charge is -2.26. The molecule has 1 aliphatic carbocycles. The largest absolute Gasteiger partial charge is 0.371 e. The van der Waals surface area contributed by atoms with Gasteiger partial charge in [0.15, 0.2) is 0 Å². The van der Waals surface area contributed by atoms with Gasteiger partial charge in [-0.1, -0.05) is 0 Å². The van der Waals surface area contributed by atoms with Crippen molar-refractivity contribution in [2.24, 2.45) is 0 Å². The molecule has 0 bridgehead atoms. The second kappa shape index (κ2) is 4.75. The molecule has 1 atom stereocenters. The zero-order valence-electron chi connectivity index (χ0n) is 9.97. The molecule has 0 spiro atoms. The normalized spacial score (nSPS) is 24.4. The van der Waals surface area contributed by atoms with Gasteiger partial charge < -0.3 is 10.1 Å². The molecular weight excluding hydrogens is 217 g/mol. The van der Waals surface area contributed by atoms with Gasteiger partial charge in [0.2, 0.25) is 0 Å². The predicted molar refractivity (Wildman–Crippen MR) is 64.6 cm³/mol. The molecule has 1 saturated heterocycles. The van der Waals surface area contributed by atoms with E-state index in [-0.39, 0.29) is 11.9 Å². The maximum atomic E-state index is 14.1. The Bertz CT molecular complexity index is 413. The van der Waals surface area contributed by atoms with Crippen LogP contribution in [0.15, 0.2) is 12.1 Å². The van der Waals surface area contributed by atoms with Crippen LogP contribution < -0.4 is 5.32 Å². The molecular formula is C14H18FNO. The number of halogens is 1. The lowest BCUT2D eigenvalue weighted by Crippen LogP contribution is -2.33. The summed E-state index contributed by atoms with van der Waals surface area (Å²) >= 11 is 0. The van der Waals surface area contributed by atoms with Crippen molar-refractivity contribution in [2.45, 2.75) is 31.8 Å². The van der Waals surface area contributed by atoms with Crippen LogP contribution in [0.2, 0.25) is 0 Å². The molecule has 0 aromatic heterocycles. The summed E-state index contributed by atoms with van der Waals surface area (Å²) in [6.07, 6.45) is 4.41. The van der Waals surface area contributed by atoms with Gasteiger partial charge in [0.1, 0.15) is 5.82 Å². The van der Waals surface area contributed by atoms with E-state index in [0.29, 0.717) is 6.61 Å². The summed E-state index contributed by atoms with van der Waals surface area (Å²) in [6, 6.07) is 3.75. The Morgan fingerprint density at radius 1 is 1.18 bits per heavy atom. The summed E-state index contributed by atoms with van der Waals surface area (Å²) in [5.41, 5.74) is 3.25. The van der Waals surface area contributed by atoms with Crippen molar-refractivity contribution in [2.75, 3.05) is 19.7 Å². The van der Waals surface area contributed by atoms with Crippen molar-refractivity contribution in [3.8, 4) is 0 Å². The van der Waals surface area contributed by atoms with Crippen LogP contribution in [0.4, 0.5) is 4.39 Å². The molecule has 17 heavy (non-hydrogen) atoms. The van der Waals surface area contributed by atoms with Gasteiger partial charge in [-0.3, -0.25) is 0 Å². The number of nitrogens with one attached hydrogen (secondary N) is 1. The van der Waals surface area contributed by atoms with Gasteiger partial charge in [0.25, 0.3) is 0 Å². The Balaban J connectivity index is 1.93. The summed E-state index contributed by atoms with van der Waals surface area (Å²) < 4.78 is 19.7. The van der Waals surface area contributed by atoms with Crippen molar-refractivity contribution in [1.82, 2.24) is 5.32 Å². The molecule has 1 unspecified atom stereocenters. The Morgan fingerprint density at radius 2 is 1.94 bits per heavy atom. The van der Waals surface area contributed by atoms with Crippen LogP contribution in [0.1, 0.15) is 35.6 Å². The van der Waals surface area contributed by atoms with Gasteiger partial charge in [-0.05, 0) is 48.9 Å². The summed E-state index contributed by atoms with van der Waals surface area (Å²) in [7, 11) is 0. The third-order valence-electron chi connectivity index (χ3n) is 3.74. The smallest absolute Gasteiger partial charge is 0.129 e. The van der Waals surface area contributed by atoms with Crippen LogP contribution >= 0.6 is 0 Å². The molecule has 3 rings (SSSR count). The van der Waals surface area contributed by atoms with Gasteiger partial charge in [-0.25, -0.2) is 4.39 Å². The second-order valence-corrected chi connectivity index (χ2v) is 4.91. The van der Waals surface area contributed by atoms with E-state index < -0.39 is 0 Å². The molecule has 2 nitrogen and oxygen atoms in total. The van der Waals surface area contributed by atoms with Crippen LogP contribution in [-0.4, -0.2) is 19.7 Å². The van der Waals surface area contributed by atoms with Crippen molar-refractivity contribution < 1.29 is 9.13 Å². The van der Waals surface area contributed by atoms with E-state index in [2.05, 4.69) is 5.32 Å². The predicted octanol–water partition coefficient (Wildman–Crippen LogP) is 2.37. The molecule has 0 saturated carbocycles. The van der Waals surface area contributed by atoms with E-state index in [1.54, 1.807) is 6.07 Å². The van der Waals surface area contributed by atoms with E-state index in [0.717, 1.165) is 31.5 Å². The van der Waals surface area contributed by atoms with Crippen molar-refractivity contribution in [3.05, 3.63) is 34.6 Å². The number of hydrogen-bond acceptors (Lipinski definition) is 2. The average molecular weight is 235 g/mol. The van der Waals surface area contributed by atoms with Crippen molar-refractivity contribution >= 4 is 0 Å². The highest BCUT2D eigenvalue weighted by Gasteiger charge is 2.22. The SMILES string of the molecule is Fc1cc2c(cc1C1CNCCO1)CCCC2. The fraction of sp³-hybridized carbons (Fsp3) is 0.571. The summed E-state index contributed by atoms with van der Waals surface area (Å²) in [5.74, 6) is -0.0978. The van der Waals surface area contributed by atoms with Crippen molar-refractivity contribution in [3.63, 3.8) is 0 Å². The quantitative estimate of drug-likeness (QED) is 0.807. The van der Waals surface area contributed by atoms with Gasteiger partial charge in [0, 0.05) is 18.7 Å². The molecule has 0 amide bonds. The highest BCUT2D eigenvalue weighted by Crippen LogP contribution is 2.29. The summed E-state index contributed by atoms with van der Waals surface area (Å²) in [5, 5.41) is 3.25. The minimum Gasteiger partial charge on any atom is -0.371 e. The van der Waals surface area contributed by atoms with Crippen molar-refractivity contribution in [1.29, 1.82) is 0 Å². The van der Waals surface area contributed by atoms with Crippen LogP contribution in [0, 0.1) is 5.82 Å². The van der Waals surface area contributed by atoms with Crippen LogP contribution in [0.25, 0.3) is 0 Å². The maximum Gasteiger partial charge on any atom is 0.129 e. The van der Waals surface area contributed by atoms with Gasteiger partial charge in [-0.2, -0.15) is 0 Å². The molecule has 1 N–H and O–H groups in total. The van der Waals surface area contributed by atoms with Gasteiger partial charge in [0.05, 0.1) is 12.7 Å². The third kappa shape index (κ3) is 2.22. The monoisotopic (exact) mass is 235 g/mol. The molecule has 2 aliphatic rings. The number of benzene rings is 1. The van der Waals surface area contributed by atoms with Crippen LogP contribution in [-0.2, 0) is 17.6 Å². The Morgan fingerprint density at radius 3 is 2.65 bits per heavy atom. The first-order valence-corrected chi connectivity index (χ1v) is 6.48. The Hall–Kier alpha value is -0.930. The maximum absolute atomic E-state index is 14.1. The number of rotatable bonds is 1. The Labute approximate surface area is 101 Å². The van der Waals surface area contributed by atoms with E-state index in [1.807, 2.05) is 6.07 Å². The zero-order valence-corrected chi connectivity index (χ0v) is 9.97.